The van der Waals surface area contributed by atoms with E-state index in [0.29, 0.717) is 29.9 Å². The molecular weight excluding hydrogens is 388 g/mol. The third-order valence-corrected chi connectivity index (χ3v) is 6.03. The van der Waals surface area contributed by atoms with E-state index < -0.39 is 22.1 Å². The number of nitrogens with zero attached hydrogens (tertiary/aromatic N) is 2. The number of hydrogen-bond donors (Lipinski definition) is 0. The summed E-state index contributed by atoms with van der Waals surface area (Å²) < 4.78 is 31.0. The van der Waals surface area contributed by atoms with E-state index in [1.165, 1.54) is 10.6 Å². The Morgan fingerprint density at radius 2 is 1.83 bits per heavy atom. The Labute approximate surface area is 169 Å². The van der Waals surface area contributed by atoms with Gasteiger partial charge in [0.1, 0.15) is 0 Å². The van der Waals surface area contributed by atoms with Crippen LogP contribution in [-0.2, 0) is 21.2 Å². The Bertz CT molecular complexity index is 1090. The van der Waals surface area contributed by atoms with Gasteiger partial charge in [-0.2, -0.15) is 0 Å². The number of sulfonamides is 1. The molecule has 7 heteroatoms. The molecule has 0 saturated heterocycles. The fraction of sp³-hybridized carbons (Fsp3) is 0.182. The molecule has 148 valence electrons. The molecule has 4 rings (SSSR count). The third kappa shape index (κ3) is 4.00. The molecule has 29 heavy (non-hydrogen) atoms. The second kappa shape index (κ2) is 7.67. The van der Waals surface area contributed by atoms with E-state index in [2.05, 4.69) is 4.98 Å². The highest BCUT2D eigenvalue weighted by atomic mass is 32.2. The Kier molecular flexibility index (Phi) is 5.07. The molecule has 2 heterocycles. The second-order valence-electron chi connectivity index (χ2n) is 6.88. The van der Waals surface area contributed by atoms with Crippen LogP contribution in [-0.4, -0.2) is 32.2 Å². The zero-order valence-electron chi connectivity index (χ0n) is 15.9. The topological polar surface area (TPSA) is 76.6 Å². The zero-order valence-corrected chi connectivity index (χ0v) is 16.7. The SMILES string of the molecule is CS(=O)(=O)N1CCc2cc(C(=O)OC(c3ccccc3)c3ccccn3)ccc21. The van der Waals surface area contributed by atoms with Crippen molar-refractivity contribution >= 4 is 21.7 Å². The molecule has 0 saturated carbocycles. The molecule has 0 bridgehead atoms. The van der Waals surface area contributed by atoms with E-state index in [1.54, 1.807) is 30.5 Å². The van der Waals surface area contributed by atoms with Crippen LogP contribution in [0.3, 0.4) is 0 Å². The first-order valence-electron chi connectivity index (χ1n) is 9.21. The number of esters is 1. The third-order valence-electron chi connectivity index (χ3n) is 4.85. The average molecular weight is 408 g/mol. The lowest BCUT2D eigenvalue weighted by Crippen LogP contribution is -2.27. The van der Waals surface area contributed by atoms with Crippen LogP contribution in [0.4, 0.5) is 5.69 Å². The van der Waals surface area contributed by atoms with Gasteiger partial charge in [-0.25, -0.2) is 13.2 Å². The average Bonchev–Trinajstić information content (AvgIpc) is 3.17. The summed E-state index contributed by atoms with van der Waals surface area (Å²) in [7, 11) is -3.33. The highest BCUT2D eigenvalue weighted by Gasteiger charge is 2.28. The van der Waals surface area contributed by atoms with Crippen LogP contribution in [0.2, 0.25) is 0 Å². The molecule has 0 fully saturated rings. The second-order valence-corrected chi connectivity index (χ2v) is 8.79. The first-order valence-corrected chi connectivity index (χ1v) is 11.1. The van der Waals surface area contributed by atoms with Gasteiger partial charge in [0.2, 0.25) is 10.0 Å². The molecule has 3 aromatic rings. The van der Waals surface area contributed by atoms with E-state index in [-0.39, 0.29) is 0 Å². The van der Waals surface area contributed by atoms with Crippen molar-refractivity contribution in [1.29, 1.82) is 0 Å². The summed E-state index contributed by atoms with van der Waals surface area (Å²) in [6, 6.07) is 19.9. The number of aromatic nitrogens is 1. The van der Waals surface area contributed by atoms with Gasteiger partial charge < -0.3 is 4.74 Å². The zero-order chi connectivity index (χ0) is 20.4. The van der Waals surface area contributed by atoms with Gasteiger partial charge >= 0.3 is 5.97 Å². The highest BCUT2D eigenvalue weighted by molar-refractivity contribution is 7.92. The largest absolute Gasteiger partial charge is 0.447 e. The number of benzene rings is 2. The first kappa shape index (κ1) is 19.1. The maximum Gasteiger partial charge on any atom is 0.339 e. The maximum absolute atomic E-state index is 12.9. The maximum atomic E-state index is 12.9. The van der Waals surface area contributed by atoms with Crippen LogP contribution < -0.4 is 4.31 Å². The minimum Gasteiger partial charge on any atom is -0.447 e. The number of fused-ring (bicyclic) bond motifs is 1. The smallest absolute Gasteiger partial charge is 0.339 e. The van der Waals surface area contributed by atoms with E-state index in [9.17, 15) is 13.2 Å². The number of carbonyl (C=O) groups is 1. The molecule has 1 aliphatic rings. The molecule has 6 nitrogen and oxygen atoms in total. The monoisotopic (exact) mass is 408 g/mol. The van der Waals surface area contributed by atoms with Gasteiger partial charge in [0.25, 0.3) is 0 Å². The molecule has 1 unspecified atom stereocenters. The summed E-state index contributed by atoms with van der Waals surface area (Å²) in [6.07, 6.45) is 2.77. The number of hydrogen-bond acceptors (Lipinski definition) is 5. The van der Waals surface area contributed by atoms with Crippen LogP contribution in [0.1, 0.15) is 33.3 Å². The van der Waals surface area contributed by atoms with Crippen molar-refractivity contribution in [2.75, 3.05) is 17.1 Å². The molecule has 1 atom stereocenters. The first-order chi connectivity index (χ1) is 13.9. The van der Waals surface area contributed by atoms with Gasteiger partial charge in [-0.15, -0.1) is 0 Å². The Hall–Kier alpha value is -3.19. The molecule has 0 radical (unpaired) electrons. The fourth-order valence-electron chi connectivity index (χ4n) is 3.48. The van der Waals surface area contributed by atoms with E-state index in [4.69, 9.17) is 4.74 Å². The van der Waals surface area contributed by atoms with Crippen molar-refractivity contribution in [3.8, 4) is 0 Å². The molecule has 0 N–H and O–H groups in total. The van der Waals surface area contributed by atoms with Crippen LogP contribution in [0.15, 0.2) is 72.9 Å². The van der Waals surface area contributed by atoms with E-state index in [1.807, 2.05) is 42.5 Å². The fourth-order valence-corrected chi connectivity index (χ4v) is 4.43. The summed E-state index contributed by atoms with van der Waals surface area (Å²) >= 11 is 0. The van der Waals surface area contributed by atoms with Crippen molar-refractivity contribution in [2.24, 2.45) is 0 Å². The normalized spacial score (nSPS) is 14.3. The number of ether oxygens (including phenoxy) is 1. The predicted octanol–water partition coefficient (Wildman–Crippen LogP) is 3.35. The Balaban J connectivity index is 1.62. The van der Waals surface area contributed by atoms with Crippen LogP contribution in [0, 0.1) is 0 Å². The van der Waals surface area contributed by atoms with Crippen LogP contribution >= 0.6 is 0 Å². The van der Waals surface area contributed by atoms with Crippen LogP contribution in [0.25, 0.3) is 0 Å². The molecular formula is C22H20N2O4S. The standard InChI is InChI=1S/C22H20N2O4S/c1-29(26,27)24-14-12-17-15-18(10-11-20(17)24)22(25)28-21(16-7-3-2-4-8-16)19-9-5-6-13-23-19/h2-11,13,15,21H,12,14H2,1H3. The molecule has 1 aromatic heterocycles. The number of carbonyl (C=O) groups excluding carboxylic acids is 1. The quantitative estimate of drug-likeness (QED) is 0.605. The summed E-state index contributed by atoms with van der Waals surface area (Å²) in [4.78, 5) is 17.2. The molecule has 2 aromatic carbocycles. The van der Waals surface area contributed by atoms with Crippen molar-refractivity contribution in [2.45, 2.75) is 12.5 Å². The molecule has 1 aliphatic heterocycles. The van der Waals surface area contributed by atoms with Crippen molar-refractivity contribution in [1.82, 2.24) is 4.98 Å². The summed E-state index contributed by atoms with van der Waals surface area (Å²) in [6.45, 7) is 0.382. The lowest BCUT2D eigenvalue weighted by molar-refractivity contribution is 0.0370. The summed E-state index contributed by atoms with van der Waals surface area (Å²) in [5.41, 5.74) is 3.28. The van der Waals surface area contributed by atoms with Gasteiger partial charge in [-0.1, -0.05) is 36.4 Å². The van der Waals surface area contributed by atoms with Gasteiger partial charge in [-0.3, -0.25) is 9.29 Å². The van der Waals surface area contributed by atoms with Crippen molar-refractivity contribution in [3.05, 3.63) is 95.3 Å². The van der Waals surface area contributed by atoms with Gasteiger partial charge in [0.05, 0.1) is 23.2 Å². The summed E-state index contributed by atoms with van der Waals surface area (Å²) in [5.74, 6) is -0.481. The van der Waals surface area contributed by atoms with E-state index in [0.717, 1.165) is 11.1 Å². The number of anilines is 1. The number of pyridine rings is 1. The van der Waals surface area contributed by atoms with Crippen molar-refractivity contribution < 1.29 is 17.9 Å². The Morgan fingerprint density at radius 1 is 1.07 bits per heavy atom. The van der Waals surface area contributed by atoms with Gasteiger partial charge in [-0.05, 0) is 47.9 Å². The van der Waals surface area contributed by atoms with E-state index >= 15 is 0 Å². The minimum absolute atomic E-state index is 0.382. The highest BCUT2D eigenvalue weighted by Crippen LogP contribution is 2.32. The Morgan fingerprint density at radius 3 is 2.52 bits per heavy atom. The van der Waals surface area contributed by atoms with Crippen molar-refractivity contribution in [3.63, 3.8) is 0 Å². The molecule has 0 aliphatic carbocycles. The predicted molar refractivity (Wildman–Crippen MR) is 110 cm³/mol. The molecule has 0 spiro atoms. The minimum atomic E-state index is -3.33. The number of rotatable bonds is 5. The van der Waals surface area contributed by atoms with Gasteiger partial charge in [0, 0.05) is 12.7 Å². The van der Waals surface area contributed by atoms with Crippen LogP contribution in [0.5, 0.6) is 0 Å². The lowest BCUT2D eigenvalue weighted by Gasteiger charge is -2.19. The summed E-state index contributed by atoms with van der Waals surface area (Å²) in [5, 5.41) is 0. The lowest BCUT2D eigenvalue weighted by atomic mass is 10.1. The van der Waals surface area contributed by atoms with Gasteiger partial charge in [0.15, 0.2) is 6.10 Å². The molecule has 0 amide bonds.